The number of carbonyl (C=O) groups is 2. The number of carbonyl (C=O) groups excluding carboxylic acids is 2. The Morgan fingerprint density at radius 2 is 1.37 bits per heavy atom. The molecule has 2 saturated carbocycles. The van der Waals surface area contributed by atoms with Crippen LogP contribution in [0.3, 0.4) is 0 Å². The highest BCUT2D eigenvalue weighted by Crippen LogP contribution is 2.67. The molecule has 0 bridgehead atoms. The summed E-state index contributed by atoms with van der Waals surface area (Å²) in [5.41, 5.74) is 2.60. The summed E-state index contributed by atoms with van der Waals surface area (Å²) < 4.78 is 26.4. The molecular formula is C47H51NO6. The summed E-state index contributed by atoms with van der Waals surface area (Å²) >= 11 is 0. The van der Waals surface area contributed by atoms with Crippen LogP contribution in [0.4, 0.5) is 5.69 Å². The van der Waals surface area contributed by atoms with E-state index in [0.29, 0.717) is 31.8 Å². The highest BCUT2D eigenvalue weighted by molar-refractivity contribution is 5.91. The van der Waals surface area contributed by atoms with Gasteiger partial charge in [-0.15, -0.1) is 0 Å². The summed E-state index contributed by atoms with van der Waals surface area (Å²) in [7, 11) is 0. The smallest absolute Gasteiger partial charge is 0.336 e. The summed E-state index contributed by atoms with van der Waals surface area (Å²) in [5, 5.41) is 3.71. The van der Waals surface area contributed by atoms with Gasteiger partial charge in [-0.2, -0.15) is 0 Å². The van der Waals surface area contributed by atoms with Crippen molar-refractivity contribution in [2.75, 3.05) is 25.1 Å². The monoisotopic (exact) mass is 725 g/mol. The molecule has 0 radical (unpaired) electrons. The Kier molecular flexibility index (Phi) is 9.74. The number of hydrogen-bond donors (Lipinski definition) is 1. The van der Waals surface area contributed by atoms with Crippen LogP contribution in [0.2, 0.25) is 0 Å². The number of hydrogen-bond acceptors (Lipinski definition) is 7. The fraction of sp³-hybridized carbons (Fsp3) is 0.404. The topological polar surface area (TPSA) is 83.1 Å². The lowest BCUT2D eigenvalue weighted by Gasteiger charge is -2.63. The average molecular weight is 726 g/mol. The first-order chi connectivity index (χ1) is 26.2. The Morgan fingerprint density at radius 3 is 1.91 bits per heavy atom. The lowest BCUT2D eigenvalue weighted by atomic mass is 9.44. The van der Waals surface area contributed by atoms with Gasteiger partial charge < -0.3 is 24.3 Å². The van der Waals surface area contributed by atoms with Crippen molar-refractivity contribution < 1.29 is 28.5 Å². The van der Waals surface area contributed by atoms with E-state index in [0.717, 1.165) is 48.1 Å². The van der Waals surface area contributed by atoms with Crippen LogP contribution in [0.25, 0.3) is 0 Å². The van der Waals surface area contributed by atoms with E-state index in [4.69, 9.17) is 18.9 Å². The minimum Gasteiger partial charge on any atom is -0.462 e. The number of para-hydroxylation sites is 1. The molecule has 1 N–H and O–H groups in total. The zero-order chi connectivity index (χ0) is 37.4. The van der Waals surface area contributed by atoms with Gasteiger partial charge in [0.1, 0.15) is 18.3 Å². The number of esters is 2. The molecule has 2 heterocycles. The minimum atomic E-state index is -0.920. The van der Waals surface area contributed by atoms with E-state index >= 15 is 0 Å². The highest BCUT2D eigenvalue weighted by atomic mass is 16.6. The van der Waals surface area contributed by atoms with E-state index in [-0.39, 0.29) is 41.4 Å². The number of cyclic esters (lactones) is 1. The zero-order valence-corrected chi connectivity index (χ0v) is 31.5. The van der Waals surface area contributed by atoms with Crippen LogP contribution in [0, 0.1) is 22.7 Å². The maximum absolute atomic E-state index is 12.9. The molecule has 54 heavy (non-hydrogen) atoms. The average Bonchev–Trinajstić information content (AvgIpc) is 3.81. The Labute approximate surface area is 319 Å². The van der Waals surface area contributed by atoms with Crippen molar-refractivity contribution in [2.24, 2.45) is 22.7 Å². The molecule has 4 aliphatic rings. The minimum absolute atomic E-state index is 0.124. The number of fused-ring (bicyclic) bond motifs is 3. The number of rotatable bonds is 11. The first-order valence-corrected chi connectivity index (χ1v) is 19.5. The molecule has 8 rings (SSSR count). The molecule has 0 amide bonds. The summed E-state index contributed by atoms with van der Waals surface area (Å²) in [4.78, 5) is 25.8. The van der Waals surface area contributed by atoms with Gasteiger partial charge in [0, 0.05) is 24.6 Å². The van der Waals surface area contributed by atoms with Crippen molar-refractivity contribution in [1.82, 2.24) is 0 Å². The van der Waals surface area contributed by atoms with Crippen molar-refractivity contribution in [1.29, 1.82) is 0 Å². The summed E-state index contributed by atoms with van der Waals surface area (Å²) in [6.07, 6.45) is 5.16. The quantitative estimate of drug-likeness (QED) is 0.122. The zero-order valence-electron chi connectivity index (χ0n) is 31.5. The van der Waals surface area contributed by atoms with E-state index in [2.05, 4.69) is 104 Å². The fourth-order valence-corrected chi connectivity index (χ4v) is 10.8. The summed E-state index contributed by atoms with van der Waals surface area (Å²) in [6.45, 7) is 7.50. The van der Waals surface area contributed by atoms with Crippen LogP contribution in [0.5, 0.6) is 0 Å². The van der Waals surface area contributed by atoms with Gasteiger partial charge in [-0.05, 0) is 84.3 Å². The number of ether oxygens (including phenoxy) is 4. The molecule has 4 aromatic rings. The van der Waals surface area contributed by atoms with Gasteiger partial charge in [0.25, 0.3) is 0 Å². The number of benzene rings is 4. The van der Waals surface area contributed by atoms with Crippen molar-refractivity contribution in [3.8, 4) is 0 Å². The second kappa shape index (κ2) is 14.5. The molecule has 0 aromatic heterocycles. The molecule has 2 aliphatic heterocycles. The molecule has 7 nitrogen and oxygen atoms in total. The number of anilines is 1. The third-order valence-corrected chi connectivity index (χ3v) is 13.3. The van der Waals surface area contributed by atoms with Gasteiger partial charge in [0.05, 0.1) is 23.9 Å². The molecule has 7 heteroatoms. The molecule has 0 spiro atoms. The van der Waals surface area contributed by atoms with E-state index in [1.54, 1.807) is 0 Å². The maximum Gasteiger partial charge on any atom is 0.336 e. The van der Waals surface area contributed by atoms with Crippen LogP contribution in [-0.4, -0.2) is 49.5 Å². The predicted octanol–water partition coefficient (Wildman–Crippen LogP) is 8.88. The molecule has 0 unspecified atom stereocenters. The Bertz CT molecular complexity index is 1870. The van der Waals surface area contributed by atoms with Crippen LogP contribution >= 0.6 is 0 Å². The van der Waals surface area contributed by atoms with Gasteiger partial charge in [-0.25, -0.2) is 4.79 Å². The Morgan fingerprint density at radius 1 is 0.796 bits per heavy atom. The predicted molar refractivity (Wildman–Crippen MR) is 209 cm³/mol. The van der Waals surface area contributed by atoms with Crippen molar-refractivity contribution in [2.45, 2.75) is 76.3 Å². The van der Waals surface area contributed by atoms with E-state index in [1.807, 2.05) is 42.5 Å². The molecule has 1 saturated heterocycles. The largest absolute Gasteiger partial charge is 0.462 e. The standard InChI is InChI=1S/C47H51NO6/c1-33(49)53-42-25-27-44(2)40(24-28-46(31-48-37-22-14-7-15-23-37)41(44)30-39(54-46)38-26-29-51-43(38)50)45(42,3)32-52-47(34-16-8-4-9-17-34,35-18-10-5-11-19-35)36-20-12-6-13-21-36/h4-23,26,39-42,48H,24-25,27-32H2,1-3H3/t39-,40-,41-,42+,44+,45-,46+/m0/s1. The van der Waals surface area contributed by atoms with Gasteiger partial charge >= 0.3 is 11.9 Å². The molecule has 4 aromatic carbocycles. The van der Waals surface area contributed by atoms with Crippen molar-refractivity contribution in [3.05, 3.63) is 150 Å². The molecule has 7 atom stereocenters. The van der Waals surface area contributed by atoms with Crippen LogP contribution in [-0.2, 0) is 34.1 Å². The molecule has 280 valence electrons. The lowest BCUT2D eigenvalue weighted by molar-refractivity contribution is -0.220. The highest BCUT2D eigenvalue weighted by Gasteiger charge is 2.67. The van der Waals surface area contributed by atoms with Gasteiger partial charge in [-0.1, -0.05) is 123 Å². The molecule has 2 aliphatic carbocycles. The summed E-state index contributed by atoms with van der Waals surface area (Å²) in [5.74, 6) is -0.297. The Hall–Kier alpha value is -4.72. The molecule has 3 fully saturated rings. The summed E-state index contributed by atoms with van der Waals surface area (Å²) in [6, 6.07) is 41.6. The lowest BCUT2D eigenvalue weighted by Crippen LogP contribution is -2.64. The normalized spacial score (nSPS) is 30.4. The van der Waals surface area contributed by atoms with Gasteiger partial charge in [0.15, 0.2) is 0 Å². The Balaban J connectivity index is 1.20. The number of nitrogens with one attached hydrogen (secondary N) is 1. The first kappa shape index (κ1) is 36.3. The fourth-order valence-electron chi connectivity index (χ4n) is 10.8. The van der Waals surface area contributed by atoms with Crippen LogP contribution < -0.4 is 5.32 Å². The van der Waals surface area contributed by atoms with Gasteiger partial charge in [-0.3, -0.25) is 4.79 Å². The van der Waals surface area contributed by atoms with Crippen molar-refractivity contribution in [3.63, 3.8) is 0 Å². The third-order valence-electron chi connectivity index (χ3n) is 13.3. The van der Waals surface area contributed by atoms with Crippen molar-refractivity contribution >= 4 is 17.6 Å². The van der Waals surface area contributed by atoms with Crippen LogP contribution in [0.1, 0.15) is 69.6 Å². The second-order valence-electron chi connectivity index (χ2n) is 16.2. The SMILES string of the molecule is CC(=O)O[C@@H]1CC[C@]2(C)[C@H](CC[C@]3(CNc4ccccc4)O[C@H](C4=CCOC4=O)C[C@H]32)[C@]1(C)COC(c1ccccc1)(c1ccccc1)c1ccccc1. The van der Waals surface area contributed by atoms with Crippen LogP contribution in [0.15, 0.2) is 133 Å². The third kappa shape index (κ3) is 6.25. The van der Waals surface area contributed by atoms with E-state index < -0.39 is 16.6 Å². The maximum atomic E-state index is 12.9. The molecular weight excluding hydrogens is 675 g/mol. The second-order valence-corrected chi connectivity index (χ2v) is 16.2. The van der Waals surface area contributed by atoms with E-state index in [1.165, 1.54) is 6.92 Å². The first-order valence-electron chi connectivity index (χ1n) is 19.5. The van der Waals surface area contributed by atoms with E-state index in [9.17, 15) is 9.59 Å². The van der Waals surface area contributed by atoms with Gasteiger partial charge in [0.2, 0.25) is 0 Å².